The third-order valence-corrected chi connectivity index (χ3v) is 3.53. The van der Waals surface area contributed by atoms with Crippen LogP contribution in [0.4, 0.5) is 0 Å². The maximum Gasteiger partial charge on any atom is 0.191 e. The number of nitrogens with zero attached hydrogens (tertiary/aromatic N) is 1. The second-order valence-electron chi connectivity index (χ2n) is 4.12. The summed E-state index contributed by atoms with van der Waals surface area (Å²) < 4.78 is 0.985. The number of rotatable bonds is 4. The second-order valence-corrected chi connectivity index (χ2v) is 5.44. The van der Waals surface area contributed by atoms with Gasteiger partial charge < -0.3 is 10.6 Å². The monoisotopic (exact) mass is 331 g/mol. The Morgan fingerprint density at radius 3 is 2.78 bits per heavy atom. The van der Waals surface area contributed by atoms with Crippen LogP contribution >= 0.6 is 27.5 Å². The first-order valence-electron chi connectivity index (χ1n) is 5.98. The summed E-state index contributed by atoms with van der Waals surface area (Å²) in [6.45, 7) is 4.91. The lowest BCUT2D eigenvalue weighted by Crippen LogP contribution is -2.41. The molecule has 0 radical (unpaired) electrons. The van der Waals surface area contributed by atoms with E-state index in [1.54, 1.807) is 7.05 Å². The lowest BCUT2D eigenvalue weighted by molar-refractivity contribution is 0.624. The van der Waals surface area contributed by atoms with Crippen LogP contribution < -0.4 is 10.6 Å². The van der Waals surface area contributed by atoms with Crippen LogP contribution in [0.25, 0.3) is 0 Å². The van der Waals surface area contributed by atoms with Gasteiger partial charge in [-0.05, 0) is 31.0 Å². The predicted octanol–water partition coefficient (Wildman–Crippen LogP) is 3.57. The lowest BCUT2D eigenvalue weighted by Gasteiger charge is -2.16. The standard InChI is InChI=1S/C13H19BrClN3/c1-4-9(2)18-13(16-3)17-8-10-5-6-11(14)7-12(10)15/h5-7,9H,4,8H2,1-3H3,(H2,16,17,18). The number of nitrogens with one attached hydrogen (secondary N) is 2. The molecule has 5 heteroatoms. The Hall–Kier alpha value is -0.740. The van der Waals surface area contributed by atoms with Crippen molar-refractivity contribution in [3.05, 3.63) is 33.3 Å². The van der Waals surface area contributed by atoms with Crippen LogP contribution in [0, 0.1) is 0 Å². The zero-order valence-corrected chi connectivity index (χ0v) is 13.3. The molecule has 0 aliphatic carbocycles. The molecule has 0 saturated heterocycles. The number of aliphatic imine (C=N–C) groups is 1. The van der Waals surface area contributed by atoms with Gasteiger partial charge in [0.05, 0.1) is 0 Å². The molecule has 0 saturated carbocycles. The molecule has 100 valence electrons. The first kappa shape index (κ1) is 15.3. The highest BCUT2D eigenvalue weighted by molar-refractivity contribution is 9.10. The van der Waals surface area contributed by atoms with Gasteiger partial charge in [-0.2, -0.15) is 0 Å². The van der Waals surface area contributed by atoms with Gasteiger partial charge in [0, 0.05) is 29.1 Å². The number of benzene rings is 1. The minimum Gasteiger partial charge on any atom is -0.354 e. The van der Waals surface area contributed by atoms with Crippen LogP contribution in [0.3, 0.4) is 0 Å². The number of guanidine groups is 1. The second kappa shape index (κ2) is 7.64. The Labute approximate surface area is 122 Å². The molecule has 0 amide bonds. The summed E-state index contributed by atoms with van der Waals surface area (Å²) in [7, 11) is 1.76. The number of halogens is 2. The van der Waals surface area contributed by atoms with Gasteiger partial charge in [0.2, 0.25) is 0 Å². The maximum atomic E-state index is 6.16. The zero-order valence-electron chi connectivity index (χ0n) is 10.9. The topological polar surface area (TPSA) is 36.4 Å². The highest BCUT2D eigenvalue weighted by Crippen LogP contribution is 2.21. The van der Waals surface area contributed by atoms with E-state index in [9.17, 15) is 0 Å². The molecule has 1 rings (SSSR count). The van der Waals surface area contributed by atoms with E-state index in [-0.39, 0.29) is 0 Å². The smallest absolute Gasteiger partial charge is 0.191 e. The van der Waals surface area contributed by atoms with Crippen molar-refractivity contribution in [3.63, 3.8) is 0 Å². The summed E-state index contributed by atoms with van der Waals surface area (Å²) in [5, 5.41) is 7.30. The Morgan fingerprint density at radius 1 is 1.50 bits per heavy atom. The molecular formula is C13H19BrClN3. The normalized spacial score (nSPS) is 13.3. The van der Waals surface area contributed by atoms with Crippen LogP contribution in [0.1, 0.15) is 25.8 Å². The van der Waals surface area contributed by atoms with Crippen molar-refractivity contribution in [3.8, 4) is 0 Å². The van der Waals surface area contributed by atoms with Crippen LogP contribution in [-0.2, 0) is 6.54 Å². The van der Waals surface area contributed by atoms with Crippen molar-refractivity contribution in [2.45, 2.75) is 32.9 Å². The van der Waals surface area contributed by atoms with Crippen molar-refractivity contribution in [1.29, 1.82) is 0 Å². The van der Waals surface area contributed by atoms with Crippen molar-refractivity contribution in [2.75, 3.05) is 7.05 Å². The highest BCUT2D eigenvalue weighted by atomic mass is 79.9. The summed E-state index contributed by atoms with van der Waals surface area (Å²) in [6, 6.07) is 6.27. The maximum absolute atomic E-state index is 6.16. The molecule has 0 spiro atoms. The molecule has 2 N–H and O–H groups in total. The third kappa shape index (κ3) is 4.86. The minimum absolute atomic E-state index is 0.400. The van der Waals surface area contributed by atoms with E-state index in [1.807, 2.05) is 18.2 Å². The van der Waals surface area contributed by atoms with Gasteiger partial charge >= 0.3 is 0 Å². The summed E-state index contributed by atoms with van der Waals surface area (Å²) in [5.74, 6) is 0.795. The van der Waals surface area contributed by atoms with Crippen molar-refractivity contribution < 1.29 is 0 Å². The molecule has 3 nitrogen and oxygen atoms in total. The van der Waals surface area contributed by atoms with Gasteiger partial charge in [0.1, 0.15) is 0 Å². The minimum atomic E-state index is 0.400. The third-order valence-electron chi connectivity index (χ3n) is 2.68. The van der Waals surface area contributed by atoms with Gasteiger partial charge in [0.25, 0.3) is 0 Å². The molecule has 1 atom stereocenters. The molecule has 1 aromatic carbocycles. The molecule has 0 aliphatic heterocycles. The van der Waals surface area contributed by atoms with Crippen molar-refractivity contribution >= 4 is 33.5 Å². The van der Waals surface area contributed by atoms with Gasteiger partial charge in [-0.15, -0.1) is 0 Å². The van der Waals surface area contributed by atoms with Gasteiger partial charge in [-0.25, -0.2) is 0 Å². The Kier molecular flexibility index (Phi) is 6.50. The molecule has 0 aliphatic rings. The van der Waals surface area contributed by atoms with Crippen molar-refractivity contribution in [2.24, 2.45) is 4.99 Å². The Bertz CT molecular complexity index is 421. The summed E-state index contributed by atoms with van der Waals surface area (Å²) in [5.41, 5.74) is 1.05. The average Bonchev–Trinajstić information content (AvgIpc) is 2.35. The molecule has 0 aromatic heterocycles. The fraction of sp³-hybridized carbons (Fsp3) is 0.462. The van der Waals surface area contributed by atoms with E-state index in [0.717, 1.165) is 27.4 Å². The predicted molar refractivity (Wildman–Crippen MR) is 82.2 cm³/mol. The summed E-state index contributed by atoms with van der Waals surface area (Å²) in [6.07, 6.45) is 1.06. The fourth-order valence-corrected chi connectivity index (χ4v) is 2.11. The molecule has 0 heterocycles. The van der Waals surface area contributed by atoms with Crippen molar-refractivity contribution in [1.82, 2.24) is 10.6 Å². The number of hydrogen-bond acceptors (Lipinski definition) is 1. The SMILES string of the molecule is CCC(C)NC(=NC)NCc1ccc(Br)cc1Cl. The van der Waals surface area contributed by atoms with Gasteiger partial charge in [0.15, 0.2) is 5.96 Å². The zero-order chi connectivity index (χ0) is 13.5. The van der Waals surface area contributed by atoms with E-state index >= 15 is 0 Å². The van der Waals surface area contributed by atoms with E-state index in [4.69, 9.17) is 11.6 Å². The van der Waals surface area contributed by atoms with Gasteiger partial charge in [-0.3, -0.25) is 4.99 Å². The van der Waals surface area contributed by atoms with E-state index in [1.165, 1.54) is 0 Å². The summed E-state index contributed by atoms with van der Waals surface area (Å²) in [4.78, 5) is 4.18. The van der Waals surface area contributed by atoms with Crippen LogP contribution in [-0.4, -0.2) is 19.0 Å². The molecular weight excluding hydrogens is 314 g/mol. The van der Waals surface area contributed by atoms with Gasteiger partial charge in [-0.1, -0.05) is 40.5 Å². The first-order valence-corrected chi connectivity index (χ1v) is 7.15. The summed E-state index contributed by atoms with van der Waals surface area (Å²) >= 11 is 9.55. The van der Waals surface area contributed by atoms with E-state index in [0.29, 0.717) is 12.6 Å². The largest absolute Gasteiger partial charge is 0.354 e. The molecule has 18 heavy (non-hydrogen) atoms. The first-order chi connectivity index (χ1) is 8.56. The fourth-order valence-electron chi connectivity index (χ4n) is 1.37. The molecule has 0 fully saturated rings. The van der Waals surface area contributed by atoms with E-state index < -0.39 is 0 Å². The lowest BCUT2D eigenvalue weighted by atomic mass is 10.2. The average molecular weight is 333 g/mol. The molecule has 0 bridgehead atoms. The van der Waals surface area contributed by atoms with Crippen LogP contribution in [0.2, 0.25) is 5.02 Å². The highest BCUT2D eigenvalue weighted by Gasteiger charge is 2.05. The number of hydrogen-bond donors (Lipinski definition) is 2. The Balaban J connectivity index is 2.58. The Morgan fingerprint density at radius 2 is 2.22 bits per heavy atom. The molecule has 1 unspecified atom stereocenters. The van der Waals surface area contributed by atoms with E-state index in [2.05, 4.69) is 45.4 Å². The molecule has 1 aromatic rings. The van der Waals surface area contributed by atoms with Crippen LogP contribution in [0.15, 0.2) is 27.7 Å². The quantitative estimate of drug-likeness (QED) is 0.653. The van der Waals surface area contributed by atoms with Crippen LogP contribution in [0.5, 0.6) is 0 Å².